The highest BCUT2D eigenvalue weighted by molar-refractivity contribution is 5.74. The van der Waals surface area contributed by atoms with Crippen LogP contribution in [0.2, 0.25) is 0 Å². The van der Waals surface area contributed by atoms with Crippen molar-refractivity contribution in [2.24, 2.45) is 7.05 Å². The third-order valence-corrected chi connectivity index (χ3v) is 3.19. The molecule has 0 aliphatic carbocycles. The van der Waals surface area contributed by atoms with Gasteiger partial charge in [-0.25, -0.2) is 4.98 Å². The lowest BCUT2D eigenvalue weighted by molar-refractivity contribution is 0.0277. The lowest BCUT2D eigenvalue weighted by Crippen LogP contribution is -2.40. The first kappa shape index (κ1) is 10.7. The zero-order chi connectivity index (χ0) is 11.7. The molecule has 1 saturated heterocycles. The number of aryl methyl sites for hydroxylation is 1. The molecule has 0 aromatic carbocycles. The Bertz CT molecular complexity index is 516. The van der Waals surface area contributed by atoms with Gasteiger partial charge in [0.05, 0.1) is 29.9 Å². The molecule has 5 nitrogen and oxygen atoms in total. The molecule has 17 heavy (non-hydrogen) atoms. The summed E-state index contributed by atoms with van der Waals surface area (Å²) < 4.78 is 7.80. The maximum atomic E-state index is 5.70. The fourth-order valence-electron chi connectivity index (χ4n) is 2.22. The van der Waals surface area contributed by atoms with Crippen LogP contribution in [0.1, 0.15) is 5.82 Å². The predicted molar refractivity (Wildman–Crippen MR) is 64.8 cm³/mol. The summed E-state index contributed by atoms with van der Waals surface area (Å²) in [5.74, 6) is 1.06. The van der Waals surface area contributed by atoms with Gasteiger partial charge in [0.1, 0.15) is 5.82 Å². The van der Waals surface area contributed by atoms with Gasteiger partial charge in [0.15, 0.2) is 0 Å². The highest BCUT2D eigenvalue weighted by Gasteiger charge is 2.17. The molecule has 0 saturated carbocycles. The summed E-state index contributed by atoms with van der Waals surface area (Å²) in [6.07, 6.45) is 4.70. The molecule has 3 heterocycles. The Balaban J connectivity index is 1.87. The molecule has 3 rings (SSSR count). The zero-order valence-corrected chi connectivity index (χ0v) is 9.89. The molecule has 1 atom stereocenters. The molecule has 1 fully saturated rings. The van der Waals surface area contributed by atoms with Crippen molar-refractivity contribution >= 4 is 11.0 Å². The number of morpholine rings is 1. The molecule has 1 unspecified atom stereocenters. The number of nitrogens with one attached hydrogen (secondary N) is 1. The van der Waals surface area contributed by atoms with Crippen LogP contribution in [0.25, 0.3) is 11.0 Å². The number of hydrogen-bond acceptors (Lipinski definition) is 4. The summed E-state index contributed by atoms with van der Waals surface area (Å²) in [6, 6.07) is 1.94. The molecule has 1 N–H and O–H groups in total. The second kappa shape index (κ2) is 4.43. The Kier molecular flexibility index (Phi) is 2.78. The molecular formula is C12H16N4O. The van der Waals surface area contributed by atoms with E-state index in [0.29, 0.717) is 0 Å². The Morgan fingerprint density at radius 2 is 2.53 bits per heavy atom. The number of nitrogens with zero attached hydrogens (tertiary/aromatic N) is 3. The average molecular weight is 232 g/mol. The van der Waals surface area contributed by atoms with Gasteiger partial charge in [-0.3, -0.25) is 4.98 Å². The topological polar surface area (TPSA) is 52.0 Å². The Morgan fingerprint density at radius 1 is 1.59 bits per heavy atom. The van der Waals surface area contributed by atoms with Crippen molar-refractivity contribution in [3.05, 3.63) is 24.3 Å². The molecule has 0 bridgehead atoms. The molecule has 5 heteroatoms. The molecule has 0 spiro atoms. The molecule has 0 radical (unpaired) electrons. The monoisotopic (exact) mass is 232 g/mol. The quantitative estimate of drug-likeness (QED) is 0.819. The summed E-state index contributed by atoms with van der Waals surface area (Å²) in [6.45, 7) is 2.64. The highest BCUT2D eigenvalue weighted by atomic mass is 16.5. The summed E-state index contributed by atoms with van der Waals surface area (Å²) in [5, 5.41) is 3.33. The molecule has 90 valence electrons. The number of hydrogen-bond donors (Lipinski definition) is 1. The molecule has 2 aromatic heterocycles. The fourth-order valence-corrected chi connectivity index (χ4v) is 2.22. The van der Waals surface area contributed by atoms with Crippen molar-refractivity contribution < 1.29 is 4.74 Å². The van der Waals surface area contributed by atoms with E-state index in [4.69, 9.17) is 4.74 Å². The van der Waals surface area contributed by atoms with Crippen LogP contribution in [0, 0.1) is 0 Å². The van der Waals surface area contributed by atoms with Gasteiger partial charge >= 0.3 is 0 Å². The van der Waals surface area contributed by atoms with E-state index in [1.807, 2.05) is 19.3 Å². The first-order valence-electron chi connectivity index (χ1n) is 5.92. The molecular weight excluding hydrogens is 216 g/mol. The van der Waals surface area contributed by atoms with Gasteiger partial charge in [-0.15, -0.1) is 0 Å². The second-order valence-corrected chi connectivity index (χ2v) is 4.35. The lowest BCUT2D eigenvalue weighted by Gasteiger charge is -2.23. The minimum atomic E-state index is 0.229. The van der Waals surface area contributed by atoms with Crippen molar-refractivity contribution in [3.8, 4) is 0 Å². The molecule has 2 aromatic rings. The number of fused-ring (bicyclic) bond motifs is 1. The van der Waals surface area contributed by atoms with Crippen LogP contribution in [0.3, 0.4) is 0 Å². The summed E-state index contributed by atoms with van der Waals surface area (Å²) >= 11 is 0. The van der Waals surface area contributed by atoms with E-state index in [-0.39, 0.29) is 6.10 Å². The van der Waals surface area contributed by atoms with E-state index in [9.17, 15) is 0 Å². The van der Waals surface area contributed by atoms with Gasteiger partial charge in [0, 0.05) is 32.8 Å². The SMILES string of the molecule is Cn1c(CC2CNCCO2)nc2ccncc21. The van der Waals surface area contributed by atoms with Gasteiger partial charge < -0.3 is 14.6 Å². The van der Waals surface area contributed by atoms with E-state index in [1.54, 1.807) is 6.20 Å². The predicted octanol–water partition coefficient (Wildman–Crippen LogP) is 0.499. The van der Waals surface area contributed by atoms with E-state index in [2.05, 4.69) is 19.9 Å². The van der Waals surface area contributed by atoms with Crippen LogP contribution >= 0.6 is 0 Å². The Labute approximate surface area is 99.8 Å². The number of ether oxygens (including phenoxy) is 1. The van der Waals surface area contributed by atoms with Gasteiger partial charge in [-0.1, -0.05) is 0 Å². The van der Waals surface area contributed by atoms with Gasteiger partial charge in [-0.05, 0) is 6.07 Å². The van der Waals surface area contributed by atoms with Crippen LogP contribution in [-0.2, 0) is 18.2 Å². The van der Waals surface area contributed by atoms with Crippen molar-refractivity contribution in [3.63, 3.8) is 0 Å². The van der Waals surface area contributed by atoms with Crippen LogP contribution in [0.15, 0.2) is 18.5 Å². The van der Waals surface area contributed by atoms with Crippen LogP contribution in [0.4, 0.5) is 0 Å². The van der Waals surface area contributed by atoms with E-state index >= 15 is 0 Å². The number of imidazole rings is 1. The number of rotatable bonds is 2. The van der Waals surface area contributed by atoms with Gasteiger partial charge in [0.2, 0.25) is 0 Å². The normalized spacial score (nSPS) is 20.9. The van der Waals surface area contributed by atoms with Crippen LogP contribution < -0.4 is 5.32 Å². The minimum Gasteiger partial charge on any atom is -0.375 e. The highest BCUT2D eigenvalue weighted by Crippen LogP contribution is 2.15. The number of aromatic nitrogens is 3. The Hall–Kier alpha value is -1.46. The standard InChI is InChI=1S/C12H16N4O/c1-16-11-8-13-3-2-10(11)15-12(16)6-9-7-14-4-5-17-9/h2-3,8-9,14H,4-7H2,1H3. The minimum absolute atomic E-state index is 0.229. The third-order valence-electron chi connectivity index (χ3n) is 3.19. The maximum Gasteiger partial charge on any atom is 0.112 e. The fraction of sp³-hybridized carbons (Fsp3) is 0.500. The van der Waals surface area contributed by atoms with E-state index < -0.39 is 0 Å². The van der Waals surface area contributed by atoms with Crippen LogP contribution in [0.5, 0.6) is 0 Å². The van der Waals surface area contributed by atoms with Crippen molar-refractivity contribution in [2.75, 3.05) is 19.7 Å². The summed E-state index contributed by atoms with van der Waals surface area (Å²) in [5.41, 5.74) is 2.08. The lowest BCUT2D eigenvalue weighted by atomic mass is 10.2. The molecule has 1 aliphatic heterocycles. The molecule has 0 amide bonds. The van der Waals surface area contributed by atoms with Gasteiger partial charge in [0.25, 0.3) is 0 Å². The summed E-state index contributed by atoms with van der Waals surface area (Å²) in [4.78, 5) is 8.75. The van der Waals surface area contributed by atoms with Crippen molar-refractivity contribution in [2.45, 2.75) is 12.5 Å². The van der Waals surface area contributed by atoms with Gasteiger partial charge in [-0.2, -0.15) is 0 Å². The zero-order valence-electron chi connectivity index (χ0n) is 9.89. The first-order chi connectivity index (χ1) is 8.34. The smallest absolute Gasteiger partial charge is 0.112 e. The average Bonchev–Trinajstić information content (AvgIpc) is 2.68. The first-order valence-corrected chi connectivity index (χ1v) is 5.92. The van der Waals surface area contributed by atoms with Crippen molar-refractivity contribution in [1.82, 2.24) is 19.9 Å². The number of pyridine rings is 1. The van der Waals surface area contributed by atoms with E-state index in [1.165, 1.54) is 0 Å². The van der Waals surface area contributed by atoms with E-state index in [0.717, 1.165) is 43.0 Å². The largest absolute Gasteiger partial charge is 0.375 e. The molecule has 1 aliphatic rings. The summed E-state index contributed by atoms with van der Waals surface area (Å²) in [7, 11) is 2.03. The third kappa shape index (κ3) is 2.03. The van der Waals surface area contributed by atoms with Crippen molar-refractivity contribution in [1.29, 1.82) is 0 Å². The van der Waals surface area contributed by atoms with Crippen LogP contribution in [-0.4, -0.2) is 40.3 Å². The Morgan fingerprint density at radius 3 is 3.29 bits per heavy atom. The maximum absolute atomic E-state index is 5.70. The second-order valence-electron chi connectivity index (χ2n) is 4.35.